The van der Waals surface area contributed by atoms with Gasteiger partial charge in [-0.2, -0.15) is 0 Å². The minimum atomic E-state index is 0.723. The summed E-state index contributed by atoms with van der Waals surface area (Å²) >= 11 is 3.36. The van der Waals surface area contributed by atoms with Crippen molar-refractivity contribution in [2.24, 2.45) is 0 Å². The number of rotatable bonds is 3. The fraction of sp³-hybridized carbons (Fsp3) is 0.154. The zero-order valence-electron chi connectivity index (χ0n) is 8.98. The lowest BCUT2D eigenvalue weighted by molar-refractivity contribution is 0.471. The molecule has 2 nitrogen and oxygen atoms in total. The standard InChI is InChI=1S/C13H12BrNO/c1-2-10-6-3-4-7-11(10)16-12-8-5-9-15-13(12)14/h3-9H,2H2,1H3. The molecule has 16 heavy (non-hydrogen) atoms. The van der Waals surface area contributed by atoms with Gasteiger partial charge in [-0.05, 0) is 46.1 Å². The van der Waals surface area contributed by atoms with Crippen LogP contribution >= 0.6 is 15.9 Å². The molecule has 2 aromatic rings. The quantitative estimate of drug-likeness (QED) is 0.785. The largest absolute Gasteiger partial charge is 0.454 e. The van der Waals surface area contributed by atoms with E-state index in [1.807, 2.05) is 30.3 Å². The number of aromatic nitrogens is 1. The number of para-hydroxylation sites is 1. The maximum Gasteiger partial charge on any atom is 0.160 e. The average molecular weight is 278 g/mol. The Morgan fingerprint density at radius 1 is 1.12 bits per heavy atom. The number of nitrogens with zero attached hydrogens (tertiary/aromatic N) is 1. The van der Waals surface area contributed by atoms with Crippen LogP contribution in [0.4, 0.5) is 0 Å². The van der Waals surface area contributed by atoms with Gasteiger partial charge in [0, 0.05) is 6.20 Å². The first kappa shape index (κ1) is 11.1. The first-order valence-corrected chi connectivity index (χ1v) is 5.97. The fourth-order valence-electron chi connectivity index (χ4n) is 1.46. The third-order valence-electron chi connectivity index (χ3n) is 2.30. The molecule has 0 aliphatic carbocycles. The minimum Gasteiger partial charge on any atom is -0.454 e. The van der Waals surface area contributed by atoms with E-state index in [1.54, 1.807) is 6.20 Å². The van der Waals surface area contributed by atoms with E-state index < -0.39 is 0 Å². The molecule has 1 aromatic carbocycles. The maximum absolute atomic E-state index is 5.82. The summed E-state index contributed by atoms with van der Waals surface area (Å²) in [5, 5.41) is 0. The molecule has 0 aliphatic heterocycles. The zero-order valence-corrected chi connectivity index (χ0v) is 10.6. The summed E-state index contributed by atoms with van der Waals surface area (Å²) in [6.45, 7) is 2.11. The van der Waals surface area contributed by atoms with Crippen molar-refractivity contribution in [2.45, 2.75) is 13.3 Å². The minimum absolute atomic E-state index is 0.723. The lowest BCUT2D eigenvalue weighted by atomic mass is 10.1. The molecule has 1 aromatic heterocycles. The first-order valence-electron chi connectivity index (χ1n) is 5.17. The van der Waals surface area contributed by atoms with Gasteiger partial charge in [0.15, 0.2) is 5.75 Å². The Labute approximate surface area is 103 Å². The van der Waals surface area contributed by atoms with E-state index >= 15 is 0 Å². The molecule has 0 saturated carbocycles. The monoisotopic (exact) mass is 277 g/mol. The maximum atomic E-state index is 5.82. The Morgan fingerprint density at radius 2 is 1.88 bits per heavy atom. The Bertz CT molecular complexity index is 485. The summed E-state index contributed by atoms with van der Waals surface area (Å²) in [5.74, 6) is 1.63. The van der Waals surface area contributed by atoms with E-state index in [0.717, 1.165) is 22.5 Å². The van der Waals surface area contributed by atoms with Crippen molar-refractivity contribution in [3.63, 3.8) is 0 Å². The van der Waals surface area contributed by atoms with E-state index in [0.29, 0.717) is 0 Å². The number of aryl methyl sites for hydroxylation is 1. The van der Waals surface area contributed by atoms with Gasteiger partial charge in [0.25, 0.3) is 0 Å². The Hall–Kier alpha value is -1.35. The van der Waals surface area contributed by atoms with Gasteiger partial charge in [0.1, 0.15) is 10.4 Å². The van der Waals surface area contributed by atoms with Crippen molar-refractivity contribution < 1.29 is 4.74 Å². The summed E-state index contributed by atoms with van der Waals surface area (Å²) in [7, 11) is 0. The number of hydrogen-bond donors (Lipinski definition) is 0. The Balaban J connectivity index is 2.30. The first-order chi connectivity index (χ1) is 7.81. The molecule has 2 rings (SSSR count). The third-order valence-corrected chi connectivity index (χ3v) is 2.89. The topological polar surface area (TPSA) is 22.1 Å². The molecule has 0 aliphatic rings. The van der Waals surface area contributed by atoms with Gasteiger partial charge in [0.05, 0.1) is 0 Å². The normalized spacial score (nSPS) is 10.1. The molecule has 0 fully saturated rings. The number of halogens is 1. The number of hydrogen-bond acceptors (Lipinski definition) is 2. The molecule has 0 bridgehead atoms. The van der Waals surface area contributed by atoms with E-state index in [2.05, 4.69) is 33.9 Å². The van der Waals surface area contributed by atoms with Crippen molar-refractivity contribution in [1.82, 2.24) is 4.98 Å². The highest BCUT2D eigenvalue weighted by Gasteiger charge is 2.05. The molecule has 0 amide bonds. The molecule has 0 atom stereocenters. The lowest BCUT2D eigenvalue weighted by Gasteiger charge is -2.10. The summed E-state index contributed by atoms with van der Waals surface area (Å²) in [6.07, 6.45) is 2.68. The highest BCUT2D eigenvalue weighted by molar-refractivity contribution is 9.10. The lowest BCUT2D eigenvalue weighted by Crippen LogP contribution is -1.91. The third kappa shape index (κ3) is 2.42. The van der Waals surface area contributed by atoms with Crippen LogP contribution in [0.3, 0.4) is 0 Å². The van der Waals surface area contributed by atoms with Crippen LogP contribution in [0.2, 0.25) is 0 Å². The van der Waals surface area contributed by atoms with Gasteiger partial charge in [-0.15, -0.1) is 0 Å². The molecule has 1 heterocycles. The van der Waals surface area contributed by atoms with Crippen LogP contribution < -0.4 is 4.74 Å². The fourth-order valence-corrected chi connectivity index (χ4v) is 1.79. The van der Waals surface area contributed by atoms with Crippen molar-refractivity contribution >= 4 is 15.9 Å². The molecule has 0 radical (unpaired) electrons. The molecule has 3 heteroatoms. The van der Waals surface area contributed by atoms with Crippen LogP contribution in [0.1, 0.15) is 12.5 Å². The molecule has 0 saturated heterocycles. The van der Waals surface area contributed by atoms with Crippen molar-refractivity contribution in [3.8, 4) is 11.5 Å². The average Bonchev–Trinajstić information content (AvgIpc) is 2.33. The van der Waals surface area contributed by atoms with Crippen LogP contribution in [0.5, 0.6) is 11.5 Å². The highest BCUT2D eigenvalue weighted by Crippen LogP contribution is 2.29. The molecule has 0 unspecified atom stereocenters. The van der Waals surface area contributed by atoms with Crippen molar-refractivity contribution in [3.05, 3.63) is 52.8 Å². The summed E-state index contributed by atoms with van der Waals surface area (Å²) in [6, 6.07) is 11.8. The Morgan fingerprint density at radius 3 is 2.62 bits per heavy atom. The van der Waals surface area contributed by atoms with Gasteiger partial charge in [-0.25, -0.2) is 4.98 Å². The number of pyridine rings is 1. The predicted octanol–water partition coefficient (Wildman–Crippen LogP) is 4.20. The van der Waals surface area contributed by atoms with E-state index in [1.165, 1.54) is 5.56 Å². The summed E-state index contributed by atoms with van der Waals surface area (Å²) < 4.78 is 6.54. The van der Waals surface area contributed by atoms with Crippen molar-refractivity contribution in [1.29, 1.82) is 0 Å². The molecular weight excluding hydrogens is 266 g/mol. The van der Waals surface area contributed by atoms with Gasteiger partial charge >= 0.3 is 0 Å². The summed E-state index contributed by atoms with van der Waals surface area (Å²) in [4.78, 5) is 4.12. The van der Waals surface area contributed by atoms with E-state index in [-0.39, 0.29) is 0 Å². The van der Waals surface area contributed by atoms with Crippen LogP contribution in [-0.2, 0) is 6.42 Å². The van der Waals surface area contributed by atoms with Gasteiger partial charge < -0.3 is 4.74 Å². The molecule has 82 valence electrons. The summed E-state index contributed by atoms with van der Waals surface area (Å²) in [5.41, 5.74) is 1.19. The number of benzene rings is 1. The highest BCUT2D eigenvalue weighted by atomic mass is 79.9. The van der Waals surface area contributed by atoms with Gasteiger partial charge in [-0.3, -0.25) is 0 Å². The zero-order chi connectivity index (χ0) is 11.4. The van der Waals surface area contributed by atoms with Crippen LogP contribution in [0, 0.1) is 0 Å². The molecular formula is C13H12BrNO. The molecule has 0 spiro atoms. The second-order valence-corrected chi connectivity index (χ2v) is 4.11. The number of ether oxygens (including phenoxy) is 1. The smallest absolute Gasteiger partial charge is 0.160 e. The van der Waals surface area contributed by atoms with E-state index in [4.69, 9.17) is 4.74 Å². The van der Waals surface area contributed by atoms with Gasteiger partial charge in [0.2, 0.25) is 0 Å². The second kappa shape index (κ2) is 5.12. The SMILES string of the molecule is CCc1ccccc1Oc1cccnc1Br. The van der Waals surface area contributed by atoms with E-state index in [9.17, 15) is 0 Å². The second-order valence-electron chi connectivity index (χ2n) is 3.36. The van der Waals surface area contributed by atoms with Crippen LogP contribution in [0.15, 0.2) is 47.2 Å². The van der Waals surface area contributed by atoms with Gasteiger partial charge in [-0.1, -0.05) is 25.1 Å². The van der Waals surface area contributed by atoms with Crippen molar-refractivity contribution in [2.75, 3.05) is 0 Å². The predicted molar refractivity (Wildman–Crippen MR) is 67.8 cm³/mol. The molecule has 0 N–H and O–H groups in total. The van der Waals surface area contributed by atoms with Crippen LogP contribution in [-0.4, -0.2) is 4.98 Å². The van der Waals surface area contributed by atoms with Crippen LogP contribution in [0.25, 0.3) is 0 Å². The Kier molecular flexibility index (Phi) is 3.57.